The third kappa shape index (κ3) is 5.96. The number of carbonyl (C=O) groups excluding carboxylic acids is 1. The predicted octanol–water partition coefficient (Wildman–Crippen LogP) is 7.06. The third-order valence-electron chi connectivity index (χ3n) is 6.43. The number of sulfonamides is 1. The molecule has 5 rings (SSSR count). The van der Waals surface area contributed by atoms with E-state index in [1.807, 2.05) is 72.2 Å². The van der Waals surface area contributed by atoms with Gasteiger partial charge in [-0.15, -0.1) is 0 Å². The average Bonchev–Trinajstić information content (AvgIpc) is 3.41. The van der Waals surface area contributed by atoms with Crippen LogP contribution in [0.25, 0.3) is 16.9 Å². The van der Waals surface area contributed by atoms with E-state index >= 15 is 0 Å². The number of aryl methyl sites for hydroxylation is 1. The van der Waals surface area contributed by atoms with Crippen LogP contribution in [0.1, 0.15) is 28.5 Å². The fourth-order valence-electron chi connectivity index (χ4n) is 4.45. The first-order chi connectivity index (χ1) is 19.4. The molecule has 40 heavy (non-hydrogen) atoms. The van der Waals surface area contributed by atoms with E-state index in [4.69, 9.17) is 16.3 Å². The van der Waals surface area contributed by atoms with Crippen molar-refractivity contribution in [1.82, 2.24) is 9.29 Å². The summed E-state index contributed by atoms with van der Waals surface area (Å²) in [4.78, 5) is 12.6. The summed E-state index contributed by atoms with van der Waals surface area (Å²) in [5.74, 6) is -0.0461. The van der Waals surface area contributed by atoms with Crippen molar-refractivity contribution in [2.75, 3.05) is 0 Å². The van der Waals surface area contributed by atoms with Gasteiger partial charge in [0.1, 0.15) is 12.4 Å². The minimum absolute atomic E-state index is 0.0253. The number of amides is 1. The van der Waals surface area contributed by atoms with Crippen molar-refractivity contribution in [3.05, 3.63) is 137 Å². The van der Waals surface area contributed by atoms with Crippen LogP contribution in [0.3, 0.4) is 0 Å². The van der Waals surface area contributed by atoms with Gasteiger partial charge in [0, 0.05) is 27.5 Å². The summed E-state index contributed by atoms with van der Waals surface area (Å²) in [7, 11) is -4.13. The van der Waals surface area contributed by atoms with Gasteiger partial charge >= 0.3 is 0 Å². The summed E-state index contributed by atoms with van der Waals surface area (Å²) in [6, 6.07) is 34.0. The standard InChI is InChI=1S/C32H27ClN2O4S/c1-2-26-17-18-30(29-20-25(33)16-19-31(29)39-22-23-10-5-3-6-11-23)35(26)27-14-9-15-28(21-27)40(37,38)34-32(36)24-12-7-4-8-13-24/h3-21H,2,22H2,1H3,(H,34,36). The van der Waals surface area contributed by atoms with Gasteiger partial charge in [-0.1, -0.05) is 73.1 Å². The van der Waals surface area contributed by atoms with Gasteiger partial charge in [-0.25, -0.2) is 13.1 Å². The zero-order valence-corrected chi connectivity index (χ0v) is 23.3. The van der Waals surface area contributed by atoms with Gasteiger partial charge in [0.2, 0.25) is 0 Å². The highest BCUT2D eigenvalue weighted by molar-refractivity contribution is 7.90. The van der Waals surface area contributed by atoms with E-state index in [-0.39, 0.29) is 10.5 Å². The Balaban J connectivity index is 1.52. The van der Waals surface area contributed by atoms with Gasteiger partial charge < -0.3 is 9.30 Å². The molecular formula is C32H27ClN2O4S. The van der Waals surface area contributed by atoms with Crippen molar-refractivity contribution < 1.29 is 17.9 Å². The molecule has 1 amide bonds. The fraction of sp³-hybridized carbons (Fsp3) is 0.0938. The molecule has 8 heteroatoms. The van der Waals surface area contributed by atoms with Crippen molar-refractivity contribution in [3.8, 4) is 22.7 Å². The van der Waals surface area contributed by atoms with E-state index in [0.717, 1.165) is 22.5 Å². The molecule has 202 valence electrons. The number of aromatic nitrogens is 1. The van der Waals surface area contributed by atoms with Gasteiger partial charge in [0.15, 0.2) is 0 Å². The molecular weight excluding hydrogens is 544 g/mol. The summed E-state index contributed by atoms with van der Waals surface area (Å²) in [6.45, 7) is 2.41. The molecule has 6 nitrogen and oxygen atoms in total. The van der Waals surface area contributed by atoms with Crippen LogP contribution in [-0.2, 0) is 23.1 Å². The second kappa shape index (κ2) is 11.8. The molecule has 0 saturated carbocycles. The number of rotatable bonds is 9. The molecule has 0 bridgehead atoms. The smallest absolute Gasteiger partial charge is 0.264 e. The number of ether oxygens (including phenoxy) is 1. The zero-order chi connectivity index (χ0) is 28.1. The van der Waals surface area contributed by atoms with Gasteiger partial charge in [0.05, 0.1) is 10.6 Å². The second-order valence-corrected chi connectivity index (χ2v) is 11.2. The quantitative estimate of drug-likeness (QED) is 0.206. The normalized spacial score (nSPS) is 11.2. The maximum atomic E-state index is 13.2. The maximum absolute atomic E-state index is 13.2. The average molecular weight is 571 g/mol. The minimum Gasteiger partial charge on any atom is -0.488 e. The lowest BCUT2D eigenvalue weighted by atomic mass is 10.1. The van der Waals surface area contributed by atoms with E-state index in [1.165, 1.54) is 6.07 Å². The van der Waals surface area contributed by atoms with Crippen LogP contribution in [0.5, 0.6) is 5.75 Å². The number of hydrogen-bond acceptors (Lipinski definition) is 4. The molecule has 0 aliphatic carbocycles. The topological polar surface area (TPSA) is 77.4 Å². The number of carbonyl (C=O) groups is 1. The molecule has 1 N–H and O–H groups in total. The highest BCUT2D eigenvalue weighted by Crippen LogP contribution is 2.36. The van der Waals surface area contributed by atoms with Crippen LogP contribution in [0.15, 0.2) is 120 Å². The molecule has 0 radical (unpaired) electrons. The summed E-state index contributed by atoms with van der Waals surface area (Å²) >= 11 is 6.42. The van der Waals surface area contributed by atoms with Gasteiger partial charge in [0.25, 0.3) is 15.9 Å². The Morgan fingerprint density at radius 3 is 2.30 bits per heavy atom. The van der Waals surface area contributed by atoms with Crippen LogP contribution < -0.4 is 9.46 Å². The predicted molar refractivity (Wildman–Crippen MR) is 157 cm³/mol. The van der Waals surface area contributed by atoms with E-state index in [9.17, 15) is 13.2 Å². The van der Waals surface area contributed by atoms with Crippen molar-refractivity contribution >= 4 is 27.5 Å². The van der Waals surface area contributed by atoms with Gasteiger partial charge in [-0.2, -0.15) is 0 Å². The van der Waals surface area contributed by atoms with Crippen LogP contribution in [0.4, 0.5) is 0 Å². The SMILES string of the molecule is CCc1ccc(-c2cc(Cl)ccc2OCc2ccccc2)n1-c1cccc(S(=O)(=O)NC(=O)c2ccccc2)c1. The fourth-order valence-corrected chi connectivity index (χ4v) is 5.64. The highest BCUT2D eigenvalue weighted by Gasteiger charge is 2.21. The largest absolute Gasteiger partial charge is 0.488 e. The van der Waals surface area contributed by atoms with Crippen molar-refractivity contribution in [3.63, 3.8) is 0 Å². The van der Waals surface area contributed by atoms with E-state index < -0.39 is 15.9 Å². The molecule has 0 spiro atoms. The summed E-state index contributed by atoms with van der Waals surface area (Å²) in [5, 5.41) is 0.549. The Bertz CT molecular complexity index is 1750. The lowest BCUT2D eigenvalue weighted by molar-refractivity contribution is 0.0981. The molecule has 0 aliphatic rings. The number of benzene rings is 4. The minimum atomic E-state index is -4.13. The first-order valence-electron chi connectivity index (χ1n) is 12.8. The molecule has 4 aromatic carbocycles. The Morgan fingerprint density at radius 2 is 1.57 bits per heavy atom. The molecule has 0 fully saturated rings. The van der Waals surface area contributed by atoms with Crippen LogP contribution in [0.2, 0.25) is 5.02 Å². The third-order valence-corrected chi connectivity index (χ3v) is 7.99. The van der Waals surface area contributed by atoms with E-state index in [0.29, 0.717) is 29.5 Å². The molecule has 1 heterocycles. The Morgan fingerprint density at radius 1 is 0.850 bits per heavy atom. The van der Waals surface area contributed by atoms with Gasteiger partial charge in [-0.3, -0.25) is 4.79 Å². The molecule has 5 aromatic rings. The molecule has 0 unspecified atom stereocenters. The molecule has 1 aromatic heterocycles. The highest BCUT2D eigenvalue weighted by atomic mass is 35.5. The Labute approximate surface area is 238 Å². The molecule has 0 saturated heterocycles. The number of nitrogens with zero attached hydrogens (tertiary/aromatic N) is 1. The summed E-state index contributed by atoms with van der Waals surface area (Å²) < 4.78 is 36.7. The summed E-state index contributed by atoms with van der Waals surface area (Å²) in [6.07, 6.45) is 0.697. The lowest BCUT2D eigenvalue weighted by Gasteiger charge is -2.17. The summed E-state index contributed by atoms with van der Waals surface area (Å²) in [5.41, 5.74) is 4.45. The van der Waals surface area contributed by atoms with Crippen molar-refractivity contribution in [2.45, 2.75) is 24.8 Å². The number of nitrogens with one attached hydrogen (secondary N) is 1. The second-order valence-electron chi connectivity index (χ2n) is 9.11. The van der Waals surface area contributed by atoms with Gasteiger partial charge in [-0.05, 0) is 72.6 Å². The molecule has 0 aliphatic heterocycles. The van der Waals surface area contributed by atoms with Crippen LogP contribution >= 0.6 is 11.6 Å². The van der Waals surface area contributed by atoms with Crippen molar-refractivity contribution in [2.24, 2.45) is 0 Å². The number of hydrogen-bond donors (Lipinski definition) is 1. The Hall–Kier alpha value is -4.33. The number of halogens is 1. The first-order valence-corrected chi connectivity index (χ1v) is 14.6. The van der Waals surface area contributed by atoms with Crippen molar-refractivity contribution in [1.29, 1.82) is 0 Å². The Kier molecular flexibility index (Phi) is 8.05. The molecule has 0 atom stereocenters. The first kappa shape index (κ1) is 27.2. The monoisotopic (exact) mass is 570 g/mol. The van der Waals surface area contributed by atoms with Crippen LogP contribution in [-0.4, -0.2) is 18.9 Å². The zero-order valence-electron chi connectivity index (χ0n) is 21.8. The van der Waals surface area contributed by atoms with E-state index in [1.54, 1.807) is 48.5 Å². The van der Waals surface area contributed by atoms with Crippen LogP contribution in [0, 0.1) is 0 Å². The maximum Gasteiger partial charge on any atom is 0.264 e. The lowest BCUT2D eigenvalue weighted by Crippen LogP contribution is -2.30. The van der Waals surface area contributed by atoms with E-state index in [2.05, 4.69) is 4.72 Å².